The number of halogens is 1. The number of benzene rings is 3. The Morgan fingerprint density at radius 2 is 1.70 bits per heavy atom. The summed E-state index contributed by atoms with van der Waals surface area (Å²) in [4.78, 5) is 25.8. The van der Waals surface area contributed by atoms with Crippen LogP contribution in [0, 0.1) is 0 Å². The number of fused-ring (bicyclic) bond motifs is 1. The molecule has 0 radical (unpaired) electrons. The van der Waals surface area contributed by atoms with E-state index in [-0.39, 0.29) is 40.4 Å². The Kier molecular flexibility index (Phi) is 5.42. The highest BCUT2D eigenvalue weighted by Gasteiger charge is 2.28. The van der Waals surface area contributed by atoms with Crippen LogP contribution in [0.15, 0.2) is 86.5 Å². The third kappa shape index (κ3) is 3.74. The van der Waals surface area contributed by atoms with E-state index >= 15 is 0 Å². The van der Waals surface area contributed by atoms with Gasteiger partial charge in [0.25, 0.3) is 0 Å². The first-order valence-corrected chi connectivity index (χ1v) is 10.1. The lowest BCUT2D eigenvalue weighted by molar-refractivity contribution is 0.0974. The van der Waals surface area contributed by atoms with Crippen molar-refractivity contribution in [1.82, 2.24) is 0 Å². The normalized spacial score (nSPS) is 12.0. The molecule has 0 aliphatic rings. The lowest BCUT2D eigenvalue weighted by Crippen LogP contribution is -2.17. The standard InChI is InChI=1S/C24H17BrO5/c25-15-7-5-6-14(12-15)18(13-20(27)16-8-1-3-10-19(16)26)22-23(28)17-9-2-4-11-21(17)30-24(22)29/h1-12,18,26,28H,13H2. The number of carbonyl (C=O) groups is 1. The van der Waals surface area contributed by atoms with Gasteiger partial charge in [-0.25, -0.2) is 4.79 Å². The summed E-state index contributed by atoms with van der Waals surface area (Å²) in [7, 11) is 0. The summed E-state index contributed by atoms with van der Waals surface area (Å²) in [6.07, 6.45) is -0.134. The van der Waals surface area contributed by atoms with Crippen molar-refractivity contribution in [2.75, 3.05) is 0 Å². The minimum absolute atomic E-state index is 0.00979. The molecule has 0 saturated heterocycles. The minimum Gasteiger partial charge on any atom is -0.507 e. The van der Waals surface area contributed by atoms with Crippen molar-refractivity contribution >= 4 is 32.7 Å². The third-order valence-corrected chi connectivity index (χ3v) is 5.51. The van der Waals surface area contributed by atoms with Crippen LogP contribution in [0.2, 0.25) is 0 Å². The molecule has 1 aromatic heterocycles. The largest absolute Gasteiger partial charge is 0.507 e. The molecule has 4 rings (SSSR count). The van der Waals surface area contributed by atoms with Gasteiger partial charge in [0.05, 0.1) is 16.5 Å². The molecule has 2 N–H and O–H groups in total. The van der Waals surface area contributed by atoms with Crippen LogP contribution in [-0.2, 0) is 0 Å². The van der Waals surface area contributed by atoms with Crippen molar-refractivity contribution in [1.29, 1.82) is 0 Å². The van der Waals surface area contributed by atoms with Gasteiger partial charge in [0.1, 0.15) is 17.1 Å². The van der Waals surface area contributed by atoms with Gasteiger partial charge < -0.3 is 14.6 Å². The second-order valence-corrected chi connectivity index (χ2v) is 7.82. The quantitative estimate of drug-likeness (QED) is 0.306. The number of hydrogen-bond donors (Lipinski definition) is 2. The van der Waals surface area contributed by atoms with E-state index in [1.807, 2.05) is 6.07 Å². The smallest absolute Gasteiger partial charge is 0.343 e. The van der Waals surface area contributed by atoms with E-state index in [1.54, 1.807) is 54.6 Å². The zero-order valence-corrected chi connectivity index (χ0v) is 17.3. The van der Waals surface area contributed by atoms with Crippen LogP contribution in [0.1, 0.15) is 33.8 Å². The van der Waals surface area contributed by atoms with E-state index in [2.05, 4.69) is 15.9 Å². The van der Waals surface area contributed by atoms with E-state index < -0.39 is 11.5 Å². The molecule has 1 atom stereocenters. The molecule has 3 aromatic carbocycles. The van der Waals surface area contributed by atoms with Gasteiger partial charge in [-0.15, -0.1) is 0 Å². The van der Waals surface area contributed by atoms with Crippen molar-refractivity contribution in [2.24, 2.45) is 0 Å². The van der Waals surface area contributed by atoms with E-state index in [0.717, 1.165) is 4.47 Å². The van der Waals surface area contributed by atoms with Crippen LogP contribution in [0.4, 0.5) is 0 Å². The van der Waals surface area contributed by atoms with Crippen LogP contribution in [-0.4, -0.2) is 16.0 Å². The minimum atomic E-state index is -0.768. The monoisotopic (exact) mass is 464 g/mol. The summed E-state index contributed by atoms with van der Waals surface area (Å²) in [5.74, 6) is -1.47. The summed E-state index contributed by atoms with van der Waals surface area (Å²) < 4.78 is 6.20. The fraction of sp³-hybridized carbons (Fsp3) is 0.0833. The first-order chi connectivity index (χ1) is 14.5. The Morgan fingerprint density at radius 3 is 2.47 bits per heavy atom. The molecule has 0 aliphatic carbocycles. The zero-order valence-electron chi connectivity index (χ0n) is 15.7. The first kappa shape index (κ1) is 19.9. The van der Waals surface area contributed by atoms with Gasteiger partial charge in [-0.2, -0.15) is 0 Å². The lowest BCUT2D eigenvalue weighted by atomic mass is 9.85. The average molecular weight is 465 g/mol. The van der Waals surface area contributed by atoms with E-state index in [9.17, 15) is 19.8 Å². The molecular formula is C24H17BrO5. The van der Waals surface area contributed by atoms with Crippen molar-refractivity contribution in [2.45, 2.75) is 12.3 Å². The topological polar surface area (TPSA) is 87.7 Å². The fourth-order valence-corrected chi connectivity index (χ4v) is 3.99. The maximum atomic E-state index is 13.0. The molecule has 0 fully saturated rings. The maximum Gasteiger partial charge on any atom is 0.343 e. The van der Waals surface area contributed by atoms with Crippen molar-refractivity contribution in [3.8, 4) is 11.5 Å². The molecule has 0 spiro atoms. The predicted octanol–water partition coefficient (Wildman–Crippen LogP) is 5.37. The summed E-state index contributed by atoms with van der Waals surface area (Å²) in [5, 5.41) is 21.4. The van der Waals surface area contributed by atoms with Gasteiger partial charge in [0.15, 0.2) is 5.78 Å². The molecule has 5 nitrogen and oxygen atoms in total. The number of ketones is 1. The SMILES string of the molecule is O=C(CC(c1cccc(Br)c1)c1c(O)c2ccccc2oc1=O)c1ccccc1O. The molecule has 0 aliphatic heterocycles. The van der Waals surface area contributed by atoms with Crippen LogP contribution in [0.25, 0.3) is 11.0 Å². The highest BCUT2D eigenvalue weighted by Crippen LogP contribution is 2.37. The van der Waals surface area contributed by atoms with Gasteiger partial charge in [-0.3, -0.25) is 4.79 Å². The molecule has 0 amide bonds. The van der Waals surface area contributed by atoms with E-state index in [1.165, 1.54) is 12.1 Å². The number of phenolic OH excluding ortho intramolecular Hbond substituents is 1. The van der Waals surface area contributed by atoms with Crippen molar-refractivity contribution < 1.29 is 19.4 Å². The number of aromatic hydroxyl groups is 2. The third-order valence-electron chi connectivity index (χ3n) is 5.01. The predicted molar refractivity (Wildman–Crippen MR) is 117 cm³/mol. The van der Waals surface area contributed by atoms with E-state index in [4.69, 9.17) is 4.42 Å². The molecule has 30 heavy (non-hydrogen) atoms. The maximum absolute atomic E-state index is 13.0. The average Bonchev–Trinajstić information content (AvgIpc) is 2.73. The second kappa shape index (κ2) is 8.16. The summed E-state index contributed by atoms with van der Waals surface area (Å²) in [6, 6.07) is 20.1. The van der Waals surface area contributed by atoms with Gasteiger partial charge in [0.2, 0.25) is 0 Å². The number of rotatable bonds is 5. The Hall–Kier alpha value is -3.38. The second-order valence-electron chi connectivity index (χ2n) is 6.90. The molecule has 6 heteroatoms. The zero-order chi connectivity index (χ0) is 21.3. The number of phenols is 1. The van der Waals surface area contributed by atoms with Crippen molar-refractivity contribution in [3.05, 3.63) is 104 Å². The van der Waals surface area contributed by atoms with Crippen LogP contribution in [0.3, 0.4) is 0 Å². The Labute approximate surface area is 180 Å². The summed E-state index contributed by atoms with van der Waals surface area (Å²) in [5.41, 5.74) is 0.383. The molecule has 4 aromatic rings. The van der Waals surface area contributed by atoms with Crippen LogP contribution < -0.4 is 5.63 Å². The van der Waals surface area contributed by atoms with Gasteiger partial charge in [-0.1, -0.05) is 52.3 Å². The van der Waals surface area contributed by atoms with E-state index in [0.29, 0.717) is 10.9 Å². The van der Waals surface area contributed by atoms with Crippen LogP contribution >= 0.6 is 15.9 Å². The van der Waals surface area contributed by atoms with Crippen molar-refractivity contribution in [3.63, 3.8) is 0 Å². The molecule has 1 unspecified atom stereocenters. The first-order valence-electron chi connectivity index (χ1n) is 9.27. The molecule has 0 bridgehead atoms. The number of Topliss-reactive ketones (excluding diaryl/α,β-unsaturated/α-hetero) is 1. The van der Waals surface area contributed by atoms with Gasteiger partial charge in [-0.05, 0) is 42.0 Å². The number of carbonyl (C=O) groups excluding carboxylic acids is 1. The molecule has 150 valence electrons. The number of para-hydroxylation sites is 2. The summed E-state index contributed by atoms with van der Waals surface area (Å²) in [6.45, 7) is 0. The fourth-order valence-electron chi connectivity index (χ4n) is 3.57. The Balaban J connectivity index is 1.89. The van der Waals surface area contributed by atoms with Gasteiger partial charge in [0, 0.05) is 16.8 Å². The molecule has 0 saturated carbocycles. The molecular weight excluding hydrogens is 448 g/mol. The molecule has 1 heterocycles. The Bertz CT molecular complexity index is 1310. The highest BCUT2D eigenvalue weighted by atomic mass is 79.9. The Morgan fingerprint density at radius 1 is 0.967 bits per heavy atom. The van der Waals surface area contributed by atoms with Crippen LogP contribution in [0.5, 0.6) is 11.5 Å². The summed E-state index contributed by atoms with van der Waals surface area (Å²) >= 11 is 3.41. The lowest BCUT2D eigenvalue weighted by Gasteiger charge is -2.18. The number of hydrogen-bond acceptors (Lipinski definition) is 5. The highest BCUT2D eigenvalue weighted by molar-refractivity contribution is 9.10. The van der Waals surface area contributed by atoms with Gasteiger partial charge >= 0.3 is 5.63 Å².